The summed E-state index contributed by atoms with van der Waals surface area (Å²) in [6, 6.07) is 15.1. The predicted octanol–water partition coefficient (Wildman–Crippen LogP) is 3.25. The van der Waals surface area contributed by atoms with Crippen LogP contribution in [0.2, 0.25) is 0 Å². The van der Waals surface area contributed by atoms with Crippen LogP contribution in [0.15, 0.2) is 54.6 Å². The van der Waals surface area contributed by atoms with E-state index in [0.29, 0.717) is 12.3 Å². The Hall–Kier alpha value is -3.21. The van der Waals surface area contributed by atoms with E-state index in [9.17, 15) is 9.90 Å². The molecule has 5 heteroatoms. The number of hydrogen-bond donors (Lipinski definition) is 3. The lowest BCUT2D eigenvalue weighted by Crippen LogP contribution is -2.23. The number of H-pyrrole nitrogens is 1. The zero-order valence-electron chi connectivity index (χ0n) is 14.0. The van der Waals surface area contributed by atoms with E-state index in [-0.39, 0.29) is 11.7 Å². The van der Waals surface area contributed by atoms with Gasteiger partial charge >= 0.3 is 0 Å². The van der Waals surface area contributed by atoms with Crippen molar-refractivity contribution in [2.75, 3.05) is 13.7 Å². The molecule has 3 rings (SSSR count). The summed E-state index contributed by atoms with van der Waals surface area (Å²) in [7, 11) is 1.49. The zero-order chi connectivity index (χ0) is 17.6. The lowest BCUT2D eigenvalue weighted by Gasteiger charge is -2.04. The normalized spacial score (nSPS) is 11.1. The minimum atomic E-state index is -0.164. The van der Waals surface area contributed by atoms with Gasteiger partial charge in [0.05, 0.1) is 7.11 Å². The number of phenolic OH excluding ortho intramolecular Hbond substituents is 1. The molecule has 2 aromatic carbocycles. The number of carbonyl (C=O) groups is 1. The van der Waals surface area contributed by atoms with Crippen LogP contribution in [0.5, 0.6) is 11.5 Å². The molecule has 0 bridgehead atoms. The van der Waals surface area contributed by atoms with E-state index in [0.717, 1.165) is 23.2 Å². The highest BCUT2D eigenvalue weighted by Gasteiger charge is 2.03. The topological polar surface area (TPSA) is 74.3 Å². The van der Waals surface area contributed by atoms with Gasteiger partial charge in [-0.05, 0) is 41.3 Å². The summed E-state index contributed by atoms with van der Waals surface area (Å²) in [6.45, 7) is 0.550. The smallest absolute Gasteiger partial charge is 0.244 e. The van der Waals surface area contributed by atoms with Gasteiger partial charge in [0, 0.05) is 30.3 Å². The van der Waals surface area contributed by atoms with E-state index in [1.165, 1.54) is 24.6 Å². The zero-order valence-corrected chi connectivity index (χ0v) is 14.0. The van der Waals surface area contributed by atoms with Crippen molar-refractivity contribution in [1.29, 1.82) is 0 Å². The third-order valence-electron chi connectivity index (χ3n) is 3.91. The Morgan fingerprint density at radius 2 is 2.08 bits per heavy atom. The standard InChI is InChI=1S/C20H20N2O3/c1-25-19-12-14(6-8-18(19)23)7-9-20(24)21-11-10-16-13-15-4-2-3-5-17(15)22-16/h2-9,12-13,22-23H,10-11H2,1H3,(H,21,24)/b9-7+. The molecule has 0 atom stereocenters. The fraction of sp³-hybridized carbons (Fsp3) is 0.150. The van der Waals surface area contributed by atoms with Crippen LogP contribution in [0.1, 0.15) is 11.3 Å². The van der Waals surface area contributed by atoms with Crippen LogP contribution in [-0.2, 0) is 11.2 Å². The number of aromatic nitrogens is 1. The van der Waals surface area contributed by atoms with E-state index >= 15 is 0 Å². The van der Waals surface area contributed by atoms with E-state index in [2.05, 4.69) is 22.4 Å². The first-order valence-corrected chi connectivity index (χ1v) is 8.05. The fourth-order valence-electron chi connectivity index (χ4n) is 2.62. The van der Waals surface area contributed by atoms with Crippen molar-refractivity contribution in [1.82, 2.24) is 10.3 Å². The minimum absolute atomic E-state index is 0.0717. The number of para-hydroxylation sites is 1. The first-order chi connectivity index (χ1) is 12.2. The van der Waals surface area contributed by atoms with Gasteiger partial charge in [0.2, 0.25) is 5.91 Å². The van der Waals surface area contributed by atoms with Gasteiger partial charge in [0.25, 0.3) is 0 Å². The maximum absolute atomic E-state index is 11.9. The van der Waals surface area contributed by atoms with Gasteiger partial charge in [-0.2, -0.15) is 0 Å². The number of benzene rings is 2. The van der Waals surface area contributed by atoms with Crippen molar-refractivity contribution in [3.63, 3.8) is 0 Å². The number of nitrogens with one attached hydrogen (secondary N) is 2. The van der Waals surface area contributed by atoms with Gasteiger partial charge in [-0.3, -0.25) is 4.79 Å². The Balaban J connectivity index is 1.52. The van der Waals surface area contributed by atoms with Crippen LogP contribution in [-0.4, -0.2) is 29.7 Å². The third-order valence-corrected chi connectivity index (χ3v) is 3.91. The van der Waals surface area contributed by atoms with Gasteiger partial charge in [0.1, 0.15) is 0 Å². The largest absolute Gasteiger partial charge is 0.504 e. The molecule has 0 aliphatic rings. The minimum Gasteiger partial charge on any atom is -0.504 e. The summed E-state index contributed by atoms with van der Waals surface area (Å²) in [6.07, 6.45) is 3.89. The molecule has 0 saturated carbocycles. The predicted molar refractivity (Wildman–Crippen MR) is 98.7 cm³/mol. The van der Waals surface area contributed by atoms with Gasteiger partial charge in [-0.15, -0.1) is 0 Å². The average molecular weight is 336 g/mol. The Morgan fingerprint density at radius 3 is 2.88 bits per heavy atom. The highest BCUT2D eigenvalue weighted by molar-refractivity contribution is 5.91. The van der Waals surface area contributed by atoms with E-state index in [1.54, 1.807) is 18.2 Å². The van der Waals surface area contributed by atoms with Crippen molar-refractivity contribution in [3.8, 4) is 11.5 Å². The second-order valence-electron chi connectivity index (χ2n) is 5.69. The van der Waals surface area contributed by atoms with Gasteiger partial charge in [-0.25, -0.2) is 0 Å². The number of aromatic hydroxyl groups is 1. The first-order valence-electron chi connectivity index (χ1n) is 8.05. The maximum Gasteiger partial charge on any atom is 0.244 e. The molecule has 0 saturated heterocycles. The Labute approximate surface area is 145 Å². The molecule has 0 unspecified atom stereocenters. The molecule has 3 N–H and O–H groups in total. The van der Waals surface area contributed by atoms with Crippen LogP contribution in [0.25, 0.3) is 17.0 Å². The summed E-state index contributed by atoms with van der Waals surface area (Å²) < 4.78 is 5.04. The van der Waals surface area contributed by atoms with Crippen molar-refractivity contribution in [3.05, 3.63) is 65.9 Å². The first kappa shape index (κ1) is 16.6. The molecule has 3 aromatic rings. The van der Waals surface area contributed by atoms with E-state index in [4.69, 9.17) is 4.74 Å². The fourth-order valence-corrected chi connectivity index (χ4v) is 2.62. The number of carbonyl (C=O) groups excluding carboxylic acids is 1. The van der Waals surface area contributed by atoms with Crippen molar-refractivity contribution in [2.45, 2.75) is 6.42 Å². The van der Waals surface area contributed by atoms with E-state index < -0.39 is 0 Å². The van der Waals surface area contributed by atoms with Crippen molar-refractivity contribution < 1.29 is 14.6 Å². The molecule has 0 aliphatic carbocycles. The number of hydrogen-bond acceptors (Lipinski definition) is 3. The summed E-state index contributed by atoms with van der Waals surface area (Å²) in [5.74, 6) is 0.284. The van der Waals surface area contributed by atoms with Crippen LogP contribution in [0.3, 0.4) is 0 Å². The van der Waals surface area contributed by atoms with Gasteiger partial charge in [0.15, 0.2) is 11.5 Å². The van der Waals surface area contributed by atoms with Crippen LogP contribution in [0.4, 0.5) is 0 Å². The molecule has 1 heterocycles. The number of aromatic amines is 1. The van der Waals surface area contributed by atoms with Gasteiger partial charge < -0.3 is 20.1 Å². The second-order valence-corrected chi connectivity index (χ2v) is 5.69. The highest BCUT2D eigenvalue weighted by atomic mass is 16.5. The molecular weight excluding hydrogens is 316 g/mol. The van der Waals surface area contributed by atoms with Crippen molar-refractivity contribution >= 4 is 22.9 Å². The molecule has 25 heavy (non-hydrogen) atoms. The maximum atomic E-state index is 11.9. The Bertz CT molecular complexity index is 879. The highest BCUT2D eigenvalue weighted by Crippen LogP contribution is 2.26. The summed E-state index contributed by atoms with van der Waals surface area (Å²) >= 11 is 0. The number of ether oxygens (including phenoxy) is 1. The monoisotopic (exact) mass is 336 g/mol. The number of phenols is 1. The summed E-state index contributed by atoms with van der Waals surface area (Å²) in [5.41, 5.74) is 2.97. The molecule has 0 radical (unpaired) electrons. The molecule has 0 aliphatic heterocycles. The number of amides is 1. The molecule has 0 fully saturated rings. The quantitative estimate of drug-likeness (QED) is 0.605. The molecular formula is C20H20N2O3. The molecule has 1 aromatic heterocycles. The second kappa shape index (κ2) is 7.57. The molecule has 5 nitrogen and oxygen atoms in total. The Morgan fingerprint density at radius 1 is 1.24 bits per heavy atom. The molecule has 0 spiro atoms. The number of fused-ring (bicyclic) bond motifs is 1. The van der Waals surface area contributed by atoms with Crippen LogP contribution >= 0.6 is 0 Å². The molecule has 128 valence electrons. The third kappa shape index (κ3) is 4.20. The van der Waals surface area contributed by atoms with Crippen molar-refractivity contribution in [2.24, 2.45) is 0 Å². The van der Waals surface area contributed by atoms with Gasteiger partial charge in [-0.1, -0.05) is 24.3 Å². The SMILES string of the molecule is COc1cc(/C=C/C(=O)NCCc2cc3ccccc3[nH]2)ccc1O. The lowest BCUT2D eigenvalue weighted by molar-refractivity contribution is -0.116. The lowest BCUT2D eigenvalue weighted by atomic mass is 10.2. The molecule has 1 amide bonds. The summed E-state index contributed by atoms with van der Waals surface area (Å²) in [5, 5.41) is 13.6. The average Bonchev–Trinajstić information content (AvgIpc) is 3.03. The van der Waals surface area contributed by atoms with E-state index in [1.807, 2.05) is 18.2 Å². The Kier molecular flexibility index (Phi) is 5.04. The summed E-state index contributed by atoms with van der Waals surface area (Å²) in [4.78, 5) is 15.2. The van der Waals surface area contributed by atoms with Crippen LogP contribution < -0.4 is 10.1 Å². The number of methoxy groups -OCH3 is 1. The van der Waals surface area contributed by atoms with Crippen LogP contribution in [0, 0.1) is 0 Å². The number of rotatable bonds is 6.